The van der Waals surface area contributed by atoms with Crippen LogP contribution in [0.4, 0.5) is 5.82 Å². The molecule has 0 bridgehead atoms. The fourth-order valence-electron chi connectivity index (χ4n) is 2.01. The van der Waals surface area contributed by atoms with Gasteiger partial charge in [0.15, 0.2) is 0 Å². The lowest BCUT2D eigenvalue weighted by Crippen LogP contribution is -2.30. The predicted octanol–water partition coefficient (Wildman–Crippen LogP) is 1.69. The summed E-state index contributed by atoms with van der Waals surface area (Å²) in [6, 6.07) is 7.48. The van der Waals surface area contributed by atoms with Crippen molar-refractivity contribution in [2.75, 3.05) is 18.4 Å². The van der Waals surface area contributed by atoms with Gasteiger partial charge in [-0.05, 0) is 24.3 Å². The Morgan fingerprint density at radius 2 is 1.82 bits per heavy atom. The lowest BCUT2D eigenvalue weighted by Gasteiger charge is -2.18. The number of anilines is 1. The molecule has 0 aliphatic rings. The molecule has 0 atom stereocenters. The minimum Gasteiger partial charge on any atom is -0.307 e. The standard InChI is InChI=1S/C14H18N4O3S/c1-3-18(4-2)22(20,21)12-7-5-11(6-8-12)14(19)16-13-9-10-15-17-13/h5-10H,3-4H2,1-2H3,(H2,15,16,17,19). The minimum absolute atomic E-state index is 0.175. The lowest BCUT2D eigenvalue weighted by molar-refractivity contribution is 0.102. The van der Waals surface area contributed by atoms with Crippen molar-refractivity contribution in [1.82, 2.24) is 14.5 Å². The van der Waals surface area contributed by atoms with Crippen LogP contribution in [0.15, 0.2) is 41.4 Å². The number of rotatable bonds is 6. The van der Waals surface area contributed by atoms with E-state index >= 15 is 0 Å². The molecule has 1 amide bonds. The van der Waals surface area contributed by atoms with Crippen LogP contribution in [0.2, 0.25) is 0 Å². The van der Waals surface area contributed by atoms with Crippen molar-refractivity contribution in [3.63, 3.8) is 0 Å². The van der Waals surface area contributed by atoms with E-state index in [1.807, 2.05) is 0 Å². The Hall–Kier alpha value is -2.19. The van der Waals surface area contributed by atoms with Crippen molar-refractivity contribution in [1.29, 1.82) is 0 Å². The van der Waals surface area contributed by atoms with Gasteiger partial charge in [0, 0.05) is 24.7 Å². The number of sulfonamides is 1. The van der Waals surface area contributed by atoms with Crippen LogP contribution in [-0.4, -0.2) is 41.9 Å². The highest BCUT2D eigenvalue weighted by Crippen LogP contribution is 2.16. The highest BCUT2D eigenvalue weighted by Gasteiger charge is 2.21. The van der Waals surface area contributed by atoms with Gasteiger partial charge in [-0.15, -0.1) is 0 Å². The van der Waals surface area contributed by atoms with Gasteiger partial charge in [-0.1, -0.05) is 13.8 Å². The molecule has 118 valence electrons. The number of amides is 1. The summed E-state index contributed by atoms with van der Waals surface area (Å²) in [6.07, 6.45) is 1.52. The normalized spacial score (nSPS) is 11.6. The number of nitrogens with one attached hydrogen (secondary N) is 2. The topological polar surface area (TPSA) is 95.2 Å². The Balaban J connectivity index is 2.18. The fourth-order valence-corrected chi connectivity index (χ4v) is 3.47. The Morgan fingerprint density at radius 1 is 1.18 bits per heavy atom. The van der Waals surface area contributed by atoms with E-state index in [0.717, 1.165) is 0 Å². The molecule has 0 aliphatic carbocycles. The summed E-state index contributed by atoms with van der Waals surface area (Å²) in [7, 11) is -3.51. The quantitative estimate of drug-likeness (QED) is 0.846. The summed E-state index contributed by atoms with van der Waals surface area (Å²) in [6.45, 7) is 4.38. The van der Waals surface area contributed by atoms with Gasteiger partial charge in [-0.2, -0.15) is 9.40 Å². The first kappa shape index (κ1) is 16.2. The zero-order valence-corrected chi connectivity index (χ0v) is 13.2. The highest BCUT2D eigenvalue weighted by atomic mass is 32.2. The summed E-state index contributed by atoms with van der Waals surface area (Å²) >= 11 is 0. The molecule has 1 aromatic carbocycles. The van der Waals surface area contributed by atoms with E-state index in [1.165, 1.54) is 34.8 Å². The smallest absolute Gasteiger partial charge is 0.256 e. The second-order valence-corrected chi connectivity index (χ2v) is 6.48. The van der Waals surface area contributed by atoms with Crippen molar-refractivity contribution in [3.05, 3.63) is 42.1 Å². The summed E-state index contributed by atoms with van der Waals surface area (Å²) in [5.74, 6) is 0.140. The third kappa shape index (κ3) is 3.34. The maximum absolute atomic E-state index is 12.3. The van der Waals surface area contributed by atoms with E-state index in [1.54, 1.807) is 19.9 Å². The molecular formula is C14H18N4O3S. The third-order valence-electron chi connectivity index (χ3n) is 3.21. The molecule has 0 aliphatic heterocycles. The summed E-state index contributed by atoms with van der Waals surface area (Å²) < 4.78 is 26.1. The summed E-state index contributed by atoms with van der Waals surface area (Å²) in [5, 5.41) is 8.97. The second kappa shape index (κ2) is 6.71. The van der Waals surface area contributed by atoms with E-state index in [9.17, 15) is 13.2 Å². The zero-order chi connectivity index (χ0) is 16.2. The average Bonchev–Trinajstić information content (AvgIpc) is 3.01. The van der Waals surface area contributed by atoms with Gasteiger partial charge >= 0.3 is 0 Å². The van der Waals surface area contributed by atoms with Crippen LogP contribution in [-0.2, 0) is 10.0 Å². The Labute approximate surface area is 129 Å². The molecule has 7 nitrogen and oxygen atoms in total. The van der Waals surface area contributed by atoms with Crippen molar-refractivity contribution in [2.24, 2.45) is 0 Å². The molecule has 0 fully saturated rings. The first-order valence-corrected chi connectivity index (χ1v) is 8.34. The van der Waals surface area contributed by atoms with Crippen LogP contribution in [0.25, 0.3) is 0 Å². The number of carbonyl (C=O) groups excluding carboxylic acids is 1. The molecule has 0 spiro atoms. The fraction of sp³-hybridized carbons (Fsp3) is 0.286. The number of benzene rings is 1. The number of hydrogen-bond acceptors (Lipinski definition) is 4. The lowest BCUT2D eigenvalue weighted by atomic mass is 10.2. The van der Waals surface area contributed by atoms with E-state index in [2.05, 4.69) is 15.5 Å². The number of carbonyl (C=O) groups is 1. The molecule has 22 heavy (non-hydrogen) atoms. The van der Waals surface area contributed by atoms with Gasteiger partial charge in [0.1, 0.15) is 5.82 Å². The van der Waals surface area contributed by atoms with Crippen LogP contribution < -0.4 is 5.32 Å². The first-order chi connectivity index (χ1) is 10.5. The number of hydrogen-bond donors (Lipinski definition) is 2. The molecule has 1 heterocycles. The van der Waals surface area contributed by atoms with Crippen molar-refractivity contribution in [2.45, 2.75) is 18.7 Å². The second-order valence-electron chi connectivity index (χ2n) is 4.54. The number of H-pyrrole nitrogens is 1. The SMILES string of the molecule is CCN(CC)S(=O)(=O)c1ccc(C(=O)Nc2ccn[nH]2)cc1. The van der Waals surface area contributed by atoms with E-state index in [4.69, 9.17) is 0 Å². The van der Waals surface area contributed by atoms with Crippen molar-refractivity contribution < 1.29 is 13.2 Å². The van der Waals surface area contributed by atoms with Crippen LogP contribution in [0.5, 0.6) is 0 Å². The Bertz CT molecular complexity index is 720. The average molecular weight is 322 g/mol. The maximum Gasteiger partial charge on any atom is 0.256 e. The Kier molecular flexibility index (Phi) is 4.94. The number of aromatic amines is 1. The maximum atomic E-state index is 12.3. The van der Waals surface area contributed by atoms with Crippen molar-refractivity contribution in [3.8, 4) is 0 Å². The van der Waals surface area contributed by atoms with Crippen molar-refractivity contribution >= 4 is 21.7 Å². The number of nitrogens with zero attached hydrogens (tertiary/aromatic N) is 2. The molecule has 1 aromatic heterocycles. The van der Waals surface area contributed by atoms with Crippen LogP contribution in [0, 0.1) is 0 Å². The molecule has 2 N–H and O–H groups in total. The highest BCUT2D eigenvalue weighted by molar-refractivity contribution is 7.89. The van der Waals surface area contributed by atoms with Crippen LogP contribution in [0.1, 0.15) is 24.2 Å². The van der Waals surface area contributed by atoms with Gasteiger partial charge in [0.2, 0.25) is 10.0 Å². The molecule has 8 heteroatoms. The van der Waals surface area contributed by atoms with Crippen LogP contribution in [0.3, 0.4) is 0 Å². The molecule has 0 saturated heterocycles. The van der Waals surface area contributed by atoms with Crippen LogP contribution >= 0.6 is 0 Å². The predicted molar refractivity (Wildman–Crippen MR) is 83.1 cm³/mol. The van der Waals surface area contributed by atoms with Gasteiger partial charge in [0.25, 0.3) is 5.91 Å². The molecule has 0 radical (unpaired) electrons. The first-order valence-electron chi connectivity index (χ1n) is 6.90. The minimum atomic E-state index is -3.51. The molecule has 0 saturated carbocycles. The summed E-state index contributed by atoms with van der Waals surface area (Å²) in [5.41, 5.74) is 0.369. The van der Waals surface area contributed by atoms with E-state index in [0.29, 0.717) is 24.5 Å². The van der Waals surface area contributed by atoms with Gasteiger partial charge in [0.05, 0.1) is 11.1 Å². The third-order valence-corrected chi connectivity index (χ3v) is 5.27. The van der Waals surface area contributed by atoms with E-state index in [-0.39, 0.29) is 10.8 Å². The Morgan fingerprint density at radius 3 is 2.32 bits per heavy atom. The van der Waals surface area contributed by atoms with Gasteiger partial charge < -0.3 is 5.32 Å². The number of aromatic nitrogens is 2. The summed E-state index contributed by atoms with van der Waals surface area (Å²) in [4.78, 5) is 12.2. The van der Waals surface area contributed by atoms with Gasteiger partial charge in [-0.3, -0.25) is 9.89 Å². The largest absolute Gasteiger partial charge is 0.307 e. The molecular weight excluding hydrogens is 304 g/mol. The van der Waals surface area contributed by atoms with E-state index < -0.39 is 10.0 Å². The molecule has 2 rings (SSSR count). The monoisotopic (exact) mass is 322 g/mol. The zero-order valence-electron chi connectivity index (χ0n) is 12.4. The molecule has 2 aromatic rings. The van der Waals surface area contributed by atoms with Gasteiger partial charge in [-0.25, -0.2) is 8.42 Å². The molecule has 0 unspecified atom stereocenters.